The number of carbonyl (C=O) groups is 1. The first-order chi connectivity index (χ1) is 9.87. The highest BCUT2D eigenvalue weighted by Crippen LogP contribution is 2.20. The molecule has 0 aliphatic carbocycles. The van der Waals surface area contributed by atoms with Crippen LogP contribution in [0.1, 0.15) is 31.1 Å². The lowest BCUT2D eigenvalue weighted by molar-refractivity contribution is 0.00689. The first-order valence-electron chi connectivity index (χ1n) is 6.64. The van der Waals surface area contributed by atoms with Crippen molar-refractivity contribution in [2.75, 3.05) is 0 Å². The van der Waals surface area contributed by atoms with E-state index >= 15 is 0 Å². The topological polar surface area (TPSA) is 60.9 Å². The Morgan fingerprint density at radius 2 is 1.81 bits per heavy atom. The Bertz CT molecular complexity index is 896. The predicted molar refractivity (Wildman–Crippen MR) is 78.6 cm³/mol. The molecule has 0 bridgehead atoms. The Balaban J connectivity index is 2.25. The molecule has 3 rings (SSSR count). The summed E-state index contributed by atoms with van der Waals surface area (Å²) in [5.41, 5.74) is -0.305. The maximum Gasteiger partial charge on any atom is 0.373 e. The lowest BCUT2D eigenvalue weighted by Crippen LogP contribution is -2.26. The van der Waals surface area contributed by atoms with Gasteiger partial charge in [-0.1, -0.05) is 24.3 Å². The summed E-state index contributed by atoms with van der Waals surface area (Å²) < 4.78 is 11.9. The van der Waals surface area contributed by atoms with Crippen LogP contribution in [0.5, 0.6) is 0 Å². The van der Waals surface area contributed by atoms with Crippen molar-refractivity contribution in [2.24, 2.45) is 0 Å². The molecule has 5 nitrogen and oxygen atoms in total. The van der Waals surface area contributed by atoms with E-state index in [-0.39, 0.29) is 5.56 Å². The largest absolute Gasteiger partial charge is 0.456 e. The van der Waals surface area contributed by atoms with Gasteiger partial charge >= 0.3 is 11.6 Å². The lowest BCUT2D eigenvalue weighted by atomic mass is 10.1. The monoisotopic (exact) mass is 285 g/mol. The zero-order valence-electron chi connectivity index (χ0n) is 12.0. The molecule has 0 saturated carbocycles. The van der Waals surface area contributed by atoms with Crippen LogP contribution in [0.3, 0.4) is 0 Å². The van der Waals surface area contributed by atoms with E-state index in [4.69, 9.17) is 9.26 Å². The Kier molecular flexibility index (Phi) is 2.86. The first-order valence-corrected chi connectivity index (χ1v) is 6.64. The summed E-state index contributed by atoms with van der Waals surface area (Å²) in [7, 11) is 0. The van der Waals surface area contributed by atoms with Gasteiger partial charge in [0.15, 0.2) is 5.56 Å². The van der Waals surface area contributed by atoms with Crippen molar-refractivity contribution in [1.82, 2.24) is 4.57 Å². The maximum atomic E-state index is 12.2. The second kappa shape index (κ2) is 4.48. The molecule has 0 saturated heterocycles. The summed E-state index contributed by atoms with van der Waals surface area (Å²) in [6.45, 7) is 5.25. The van der Waals surface area contributed by atoms with E-state index in [0.717, 1.165) is 10.9 Å². The van der Waals surface area contributed by atoms with Crippen molar-refractivity contribution in [3.05, 3.63) is 52.4 Å². The number of benzene rings is 1. The van der Waals surface area contributed by atoms with Crippen LogP contribution in [0.4, 0.5) is 0 Å². The number of hydrogen-bond acceptors (Lipinski definition) is 4. The zero-order valence-corrected chi connectivity index (χ0v) is 12.0. The smallest absolute Gasteiger partial charge is 0.373 e. The normalized spacial score (nSPS) is 12.0. The molecular formula is C16H15NO4. The standard InChI is InChI=1S/C16H15NO4/c1-16(2,3)20-14(18)13-12-9-8-10-6-4-5-7-11(10)17(12)21-15(13)19/h4-9H,1-3H3. The zero-order chi connectivity index (χ0) is 15.2. The molecule has 0 radical (unpaired) electrons. The summed E-state index contributed by atoms with van der Waals surface area (Å²) in [5.74, 6) is -0.672. The number of hydrogen-bond donors (Lipinski definition) is 0. The first kappa shape index (κ1) is 13.4. The molecule has 0 N–H and O–H groups in total. The third-order valence-electron chi connectivity index (χ3n) is 3.03. The van der Waals surface area contributed by atoms with E-state index in [0.29, 0.717) is 5.52 Å². The van der Waals surface area contributed by atoms with Crippen molar-refractivity contribution in [3.8, 4) is 0 Å². The summed E-state index contributed by atoms with van der Waals surface area (Å²) in [5, 5.41) is 0.916. The number of fused-ring (bicyclic) bond motifs is 3. The molecule has 21 heavy (non-hydrogen) atoms. The number of esters is 1. The van der Waals surface area contributed by atoms with Gasteiger partial charge in [0, 0.05) is 5.39 Å². The number of rotatable bonds is 1. The molecule has 0 amide bonds. The Labute approximate surface area is 120 Å². The molecule has 0 fully saturated rings. The van der Waals surface area contributed by atoms with Crippen LogP contribution >= 0.6 is 0 Å². The number of aromatic nitrogens is 1. The van der Waals surface area contributed by atoms with Crippen molar-refractivity contribution in [2.45, 2.75) is 26.4 Å². The average molecular weight is 285 g/mol. The number of ether oxygens (including phenoxy) is 1. The van der Waals surface area contributed by atoms with Crippen LogP contribution in [0.15, 0.2) is 45.7 Å². The molecule has 0 atom stereocenters. The third kappa shape index (κ3) is 2.31. The van der Waals surface area contributed by atoms with Gasteiger partial charge in [0.05, 0.1) is 5.52 Å². The molecule has 0 spiro atoms. The van der Waals surface area contributed by atoms with Crippen LogP contribution in [0.2, 0.25) is 0 Å². The summed E-state index contributed by atoms with van der Waals surface area (Å²) in [6.07, 6.45) is 0. The summed E-state index contributed by atoms with van der Waals surface area (Å²) in [4.78, 5) is 24.2. The number of nitrogens with zero attached hydrogens (tertiary/aromatic N) is 1. The van der Waals surface area contributed by atoms with Crippen molar-refractivity contribution in [1.29, 1.82) is 0 Å². The molecule has 0 aliphatic rings. The predicted octanol–water partition coefficient (Wildman–Crippen LogP) is 3.00. The third-order valence-corrected chi connectivity index (χ3v) is 3.03. The van der Waals surface area contributed by atoms with E-state index in [1.807, 2.05) is 30.3 Å². The minimum Gasteiger partial charge on any atom is -0.456 e. The van der Waals surface area contributed by atoms with Gasteiger partial charge in [-0.2, -0.15) is 4.57 Å². The second-order valence-corrected chi connectivity index (χ2v) is 5.83. The van der Waals surface area contributed by atoms with Gasteiger partial charge in [-0.05, 0) is 32.9 Å². The molecule has 0 unspecified atom stereocenters. The number of pyridine rings is 1. The average Bonchev–Trinajstić information content (AvgIpc) is 2.73. The minimum atomic E-state index is -0.694. The maximum absolute atomic E-state index is 12.2. The van der Waals surface area contributed by atoms with E-state index in [9.17, 15) is 9.59 Å². The SMILES string of the molecule is CC(C)(C)OC(=O)c1c(=O)on2c1ccc1ccccc12. The van der Waals surface area contributed by atoms with Gasteiger partial charge in [-0.15, -0.1) is 0 Å². The highest BCUT2D eigenvalue weighted by atomic mass is 16.6. The van der Waals surface area contributed by atoms with Gasteiger partial charge in [0.1, 0.15) is 11.1 Å². The van der Waals surface area contributed by atoms with E-state index in [1.165, 1.54) is 4.57 Å². The van der Waals surface area contributed by atoms with Crippen LogP contribution in [0, 0.1) is 0 Å². The molecule has 108 valence electrons. The molecule has 5 heteroatoms. The van der Waals surface area contributed by atoms with Crippen LogP contribution in [-0.4, -0.2) is 16.1 Å². The fraction of sp³-hybridized carbons (Fsp3) is 0.250. The van der Waals surface area contributed by atoms with E-state index in [1.54, 1.807) is 26.8 Å². The molecular weight excluding hydrogens is 270 g/mol. The van der Waals surface area contributed by atoms with Gasteiger partial charge in [0.2, 0.25) is 0 Å². The number of para-hydroxylation sites is 1. The molecule has 0 aliphatic heterocycles. The molecule has 2 aromatic heterocycles. The van der Waals surface area contributed by atoms with Crippen molar-refractivity contribution < 1.29 is 14.1 Å². The Hall–Kier alpha value is -2.56. The quantitative estimate of drug-likeness (QED) is 0.645. The highest BCUT2D eigenvalue weighted by Gasteiger charge is 2.25. The molecule has 1 aromatic carbocycles. The number of carbonyl (C=O) groups excluding carboxylic acids is 1. The van der Waals surface area contributed by atoms with Crippen LogP contribution in [0.25, 0.3) is 16.4 Å². The van der Waals surface area contributed by atoms with Crippen LogP contribution < -0.4 is 5.63 Å². The van der Waals surface area contributed by atoms with E-state index in [2.05, 4.69) is 0 Å². The van der Waals surface area contributed by atoms with Gasteiger partial charge < -0.3 is 9.26 Å². The van der Waals surface area contributed by atoms with Gasteiger partial charge in [0.25, 0.3) is 0 Å². The minimum absolute atomic E-state index is 0.0734. The summed E-state index contributed by atoms with van der Waals surface area (Å²) >= 11 is 0. The second-order valence-electron chi connectivity index (χ2n) is 5.83. The van der Waals surface area contributed by atoms with Crippen LogP contribution in [-0.2, 0) is 4.74 Å². The molecule has 3 aromatic rings. The van der Waals surface area contributed by atoms with Gasteiger partial charge in [-0.25, -0.2) is 9.59 Å². The van der Waals surface area contributed by atoms with Crippen molar-refractivity contribution in [3.63, 3.8) is 0 Å². The van der Waals surface area contributed by atoms with E-state index < -0.39 is 17.2 Å². The van der Waals surface area contributed by atoms with Crippen molar-refractivity contribution >= 4 is 22.4 Å². The summed E-state index contributed by atoms with van der Waals surface area (Å²) in [6, 6.07) is 11.0. The lowest BCUT2D eigenvalue weighted by Gasteiger charge is -2.18. The van der Waals surface area contributed by atoms with Gasteiger partial charge in [-0.3, -0.25) is 0 Å². The molecule has 2 heterocycles. The fourth-order valence-electron chi connectivity index (χ4n) is 2.21. The highest BCUT2D eigenvalue weighted by molar-refractivity contribution is 5.98. The Morgan fingerprint density at radius 1 is 1.10 bits per heavy atom. The Morgan fingerprint density at radius 3 is 2.52 bits per heavy atom. The fourth-order valence-corrected chi connectivity index (χ4v) is 2.21.